The summed E-state index contributed by atoms with van der Waals surface area (Å²) in [6.07, 6.45) is 1.37. The van der Waals surface area contributed by atoms with Gasteiger partial charge in [0.1, 0.15) is 0 Å². The topological polar surface area (TPSA) is 84.0 Å². The monoisotopic (exact) mass is 374 g/mol. The first-order valence-corrected chi connectivity index (χ1v) is 11.1. The summed E-state index contributed by atoms with van der Waals surface area (Å²) < 4.78 is 58.0. The average Bonchev–Trinajstić information content (AvgIpc) is 2.61. The molecule has 0 unspecified atom stereocenters. The Balaban J connectivity index is 1.97. The van der Waals surface area contributed by atoms with Gasteiger partial charge >= 0.3 is 0 Å². The van der Waals surface area contributed by atoms with Crippen molar-refractivity contribution in [3.8, 4) is 0 Å². The Morgan fingerprint density at radius 2 is 1.79 bits per heavy atom. The van der Waals surface area contributed by atoms with Crippen LogP contribution in [0.2, 0.25) is 0 Å². The normalized spacial score (nSPS) is 20.0. The third kappa shape index (κ3) is 3.17. The molecule has 0 aliphatic carbocycles. The fourth-order valence-electron chi connectivity index (χ4n) is 3.08. The summed E-state index contributed by atoms with van der Waals surface area (Å²) in [4.78, 5) is 0.221. The minimum atomic E-state index is -3.57. The number of anilines is 1. The molecule has 0 saturated carbocycles. The second-order valence-electron chi connectivity index (χ2n) is 5.88. The minimum absolute atomic E-state index is 0.0280. The third-order valence-corrected chi connectivity index (χ3v) is 8.11. The molecule has 2 aliphatic rings. The summed E-state index contributed by atoms with van der Waals surface area (Å²) in [6.45, 7) is 3.53. The Morgan fingerprint density at radius 1 is 1.08 bits per heavy atom. The smallest absolute Gasteiger partial charge is 0.243 e. The Labute approximate surface area is 143 Å². The molecule has 0 bridgehead atoms. The lowest BCUT2D eigenvalue weighted by molar-refractivity contribution is 0.0730. The molecule has 0 atom stereocenters. The molecule has 24 heavy (non-hydrogen) atoms. The quantitative estimate of drug-likeness (QED) is 0.779. The molecule has 9 heteroatoms. The van der Waals surface area contributed by atoms with Gasteiger partial charge in [-0.25, -0.2) is 16.8 Å². The molecule has 0 amide bonds. The molecule has 7 nitrogen and oxygen atoms in total. The molecule has 2 aliphatic heterocycles. The fourth-order valence-corrected chi connectivity index (χ4v) is 5.74. The average molecular weight is 374 g/mol. The van der Waals surface area contributed by atoms with E-state index in [4.69, 9.17) is 4.74 Å². The van der Waals surface area contributed by atoms with E-state index in [-0.39, 0.29) is 10.6 Å². The van der Waals surface area contributed by atoms with Crippen LogP contribution >= 0.6 is 0 Å². The summed E-state index contributed by atoms with van der Waals surface area (Å²) in [5, 5.41) is 0. The SMILES string of the molecule is CCS(=O)(=O)N1CCCc2cc(S(=O)(=O)N3CCOCC3)ccc21. The number of rotatable bonds is 4. The second kappa shape index (κ2) is 6.62. The third-order valence-electron chi connectivity index (χ3n) is 4.44. The van der Waals surface area contributed by atoms with Gasteiger partial charge in [-0.2, -0.15) is 4.31 Å². The molecule has 3 rings (SSSR count). The van der Waals surface area contributed by atoms with E-state index in [0.717, 1.165) is 5.56 Å². The van der Waals surface area contributed by atoms with Gasteiger partial charge in [-0.3, -0.25) is 4.31 Å². The van der Waals surface area contributed by atoms with Gasteiger partial charge in [0, 0.05) is 19.6 Å². The van der Waals surface area contributed by atoms with Crippen LogP contribution in [0.25, 0.3) is 0 Å². The number of ether oxygens (including phenoxy) is 1. The lowest BCUT2D eigenvalue weighted by atomic mass is 10.0. The van der Waals surface area contributed by atoms with Gasteiger partial charge in [0.15, 0.2) is 0 Å². The van der Waals surface area contributed by atoms with Crippen LogP contribution in [0, 0.1) is 0 Å². The van der Waals surface area contributed by atoms with E-state index >= 15 is 0 Å². The maximum atomic E-state index is 12.7. The zero-order chi connectivity index (χ0) is 17.4. The van der Waals surface area contributed by atoms with Crippen LogP contribution in [0.3, 0.4) is 0 Å². The largest absolute Gasteiger partial charge is 0.379 e. The molecular weight excluding hydrogens is 352 g/mol. The van der Waals surface area contributed by atoms with Crippen LogP contribution < -0.4 is 4.31 Å². The highest BCUT2D eigenvalue weighted by Crippen LogP contribution is 2.32. The van der Waals surface area contributed by atoms with Crippen molar-refractivity contribution in [1.82, 2.24) is 4.31 Å². The maximum Gasteiger partial charge on any atom is 0.243 e. The molecule has 0 radical (unpaired) electrons. The number of morpholine rings is 1. The van der Waals surface area contributed by atoms with Crippen LogP contribution in [0.1, 0.15) is 18.9 Å². The van der Waals surface area contributed by atoms with Gasteiger partial charge in [-0.15, -0.1) is 0 Å². The Morgan fingerprint density at radius 3 is 2.46 bits per heavy atom. The summed E-state index contributed by atoms with van der Waals surface area (Å²) in [6, 6.07) is 4.75. The zero-order valence-corrected chi connectivity index (χ0v) is 15.3. The van der Waals surface area contributed by atoms with Gasteiger partial charge in [-0.05, 0) is 43.5 Å². The number of nitrogens with zero attached hydrogens (tertiary/aromatic N) is 2. The molecule has 0 aromatic heterocycles. The summed E-state index contributed by atoms with van der Waals surface area (Å²) in [7, 11) is -6.92. The number of hydrogen-bond donors (Lipinski definition) is 0. The molecule has 134 valence electrons. The first kappa shape index (κ1) is 17.7. The van der Waals surface area contributed by atoms with Crippen molar-refractivity contribution < 1.29 is 21.6 Å². The van der Waals surface area contributed by atoms with Crippen LogP contribution in [0.4, 0.5) is 5.69 Å². The van der Waals surface area contributed by atoms with Crippen LogP contribution in [0.5, 0.6) is 0 Å². The number of fused-ring (bicyclic) bond motifs is 1. The molecule has 1 saturated heterocycles. The number of hydrogen-bond acceptors (Lipinski definition) is 5. The number of aryl methyl sites for hydroxylation is 1. The van der Waals surface area contributed by atoms with Crippen LogP contribution in [-0.4, -0.2) is 59.7 Å². The lowest BCUT2D eigenvalue weighted by Gasteiger charge is -2.31. The van der Waals surface area contributed by atoms with E-state index in [9.17, 15) is 16.8 Å². The van der Waals surface area contributed by atoms with E-state index in [2.05, 4.69) is 0 Å². The number of sulfonamides is 2. The molecular formula is C15H22N2O5S2. The molecule has 1 fully saturated rings. The Kier molecular flexibility index (Phi) is 4.87. The molecule has 0 N–H and O–H groups in total. The lowest BCUT2D eigenvalue weighted by Crippen LogP contribution is -2.41. The zero-order valence-electron chi connectivity index (χ0n) is 13.6. The van der Waals surface area contributed by atoms with Crippen LogP contribution in [0.15, 0.2) is 23.1 Å². The molecule has 1 aromatic carbocycles. The first-order valence-electron chi connectivity index (χ1n) is 8.07. The standard InChI is InChI=1S/C15H22N2O5S2/c1-2-23(18,19)17-7-3-4-13-12-14(5-6-15(13)17)24(20,21)16-8-10-22-11-9-16/h5-6,12H,2-4,7-11H2,1H3. The van der Waals surface area contributed by atoms with Crippen molar-refractivity contribution in [3.63, 3.8) is 0 Å². The first-order chi connectivity index (χ1) is 11.4. The van der Waals surface area contributed by atoms with Gasteiger partial charge in [-0.1, -0.05) is 0 Å². The maximum absolute atomic E-state index is 12.7. The highest BCUT2D eigenvalue weighted by Gasteiger charge is 2.30. The number of benzene rings is 1. The van der Waals surface area contributed by atoms with Crippen molar-refractivity contribution in [3.05, 3.63) is 23.8 Å². The summed E-state index contributed by atoms with van der Waals surface area (Å²) in [5.41, 5.74) is 1.37. The Hall–Kier alpha value is -1.16. The van der Waals surface area contributed by atoms with Gasteiger partial charge in [0.25, 0.3) is 0 Å². The van der Waals surface area contributed by atoms with E-state index in [1.165, 1.54) is 14.7 Å². The van der Waals surface area contributed by atoms with E-state index in [0.29, 0.717) is 51.4 Å². The van der Waals surface area contributed by atoms with Crippen molar-refractivity contribution >= 4 is 25.7 Å². The van der Waals surface area contributed by atoms with Gasteiger partial charge in [0.05, 0.1) is 29.5 Å². The van der Waals surface area contributed by atoms with Gasteiger partial charge in [0.2, 0.25) is 20.0 Å². The molecule has 1 aromatic rings. The van der Waals surface area contributed by atoms with Crippen molar-refractivity contribution in [2.45, 2.75) is 24.7 Å². The highest BCUT2D eigenvalue weighted by atomic mass is 32.2. The van der Waals surface area contributed by atoms with E-state index in [1.54, 1.807) is 19.1 Å². The van der Waals surface area contributed by atoms with Crippen LogP contribution in [-0.2, 0) is 31.2 Å². The predicted octanol–water partition coefficient (Wildman–Crippen LogP) is 0.810. The van der Waals surface area contributed by atoms with E-state index in [1.807, 2.05) is 0 Å². The van der Waals surface area contributed by atoms with E-state index < -0.39 is 20.0 Å². The Bertz CT molecular complexity index is 814. The predicted molar refractivity (Wildman–Crippen MR) is 91.1 cm³/mol. The van der Waals surface area contributed by atoms with Crippen molar-refractivity contribution in [2.24, 2.45) is 0 Å². The summed E-state index contributed by atoms with van der Waals surface area (Å²) >= 11 is 0. The molecule has 0 spiro atoms. The van der Waals surface area contributed by atoms with Gasteiger partial charge < -0.3 is 4.74 Å². The fraction of sp³-hybridized carbons (Fsp3) is 0.600. The highest BCUT2D eigenvalue weighted by molar-refractivity contribution is 7.92. The summed E-state index contributed by atoms with van der Waals surface area (Å²) in [5.74, 6) is 0.0280. The van der Waals surface area contributed by atoms with Crippen molar-refractivity contribution in [1.29, 1.82) is 0 Å². The second-order valence-corrected chi connectivity index (χ2v) is 10.0. The van der Waals surface area contributed by atoms with Crippen molar-refractivity contribution in [2.75, 3.05) is 42.9 Å². The minimum Gasteiger partial charge on any atom is -0.379 e. The molecule has 2 heterocycles.